The Hall–Kier alpha value is 0.507. The van der Waals surface area contributed by atoms with Crippen molar-refractivity contribution in [2.75, 3.05) is 0 Å². The minimum absolute atomic E-state index is 0.289. The Morgan fingerprint density at radius 2 is 1.47 bits per heavy atom. The van der Waals surface area contributed by atoms with E-state index in [1.165, 1.54) is 6.04 Å². The molecule has 2 atom stereocenters. The van der Waals surface area contributed by atoms with E-state index >= 15 is 0 Å². The monoisotopic (exact) mass is 246 g/mol. The number of halogens is 1. The van der Waals surface area contributed by atoms with Crippen LogP contribution in [0, 0.1) is 16.7 Å². The first kappa shape index (κ1) is 13.6. The van der Waals surface area contributed by atoms with Gasteiger partial charge in [0, 0.05) is 0 Å². The maximum absolute atomic E-state index is 6.91. The average molecular weight is 247 g/mol. The van der Waals surface area contributed by atoms with Gasteiger partial charge in [0.05, 0.1) is 0 Å². The third-order valence-corrected chi connectivity index (χ3v) is 12.9. The molecule has 0 bridgehead atoms. The van der Waals surface area contributed by atoms with E-state index in [4.69, 9.17) is 11.1 Å². The highest BCUT2D eigenvalue weighted by atomic mass is 35.6. The summed E-state index contributed by atoms with van der Waals surface area (Å²) >= 11 is 6.91. The molecular formula is C13H27ClSi. The summed E-state index contributed by atoms with van der Waals surface area (Å²) in [5.74, 6) is 0.731. The van der Waals surface area contributed by atoms with Crippen LogP contribution in [-0.4, -0.2) is 7.38 Å². The molecule has 0 spiro atoms. The van der Waals surface area contributed by atoms with Gasteiger partial charge in [-0.1, -0.05) is 55.0 Å². The van der Waals surface area contributed by atoms with E-state index in [1.54, 1.807) is 0 Å². The minimum Gasteiger partial charge on any atom is -0.167 e. The van der Waals surface area contributed by atoms with Crippen LogP contribution in [0.1, 0.15) is 48.5 Å². The fourth-order valence-electron chi connectivity index (χ4n) is 3.16. The second-order valence-corrected chi connectivity index (χ2v) is 13.8. The lowest BCUT2D eigenvalue weighted by Gasteiger charge is -2.64. The Morgan fingerprint density at radius 1 is 1.07 bits per heavy atom. The molecule has 0 nitrogen and oxygen atoms in total. The van der Waals surface area contributed by atoms with E-state index in [1.807, 2.05) is 0 Å². The van der Waals surface area contributed by atoms with Crippen molar-refractivity contribution in [3.8, 4) is 0 Å². The largest absolute Gasteiger partial charge is 0.167 e. The third-order valence-electron chi connectivity index (χ3n) is 6.40. The summed E-state index contributed by atoms with van der Waals surface area (Å²) in [6.07, 6.45) is 0. The fraction of sp³-hybridized carbons (Fsp3) is 1.00. The zero-order valence-corrected chi connectivity index (χ0v) is 13.4. The molecule has 1 heterocycles. The van der Waals surface area contributed by atoms with E-state index in [9.17, 15) is 0 Å². The van der Waals surface area contributed by atoms with Crippen molar-refractivity contribution in [2.45, 2.75) is 66.1 Å². The van der Waals surface area contributed by atoms with Gasteiger partial charge in [0.15, 0.2) is 7.38 Å². The number of rotatable bonds is 0. The first-order valence-corrected chi connectivity index (χ1v) is 9.79. The summed E-state index contributed by atoms with van der Waals surface area (Å²) in [6, 6.07) is 1.25. The highest BCUT2D eigenvalue weighted by Gasteiger charge is 2.62. The molecule has 1 aliphatic heterocycles. The van der Waals surface area contributed by atoms with Crippen molar-refractivity contribution >= 4 is 18.5 Å². The normalized spacial score (nSPS) is 42.6. The van der Waals surface area contributed by atoms with Crippen molar-refractivity contribution in [3.63, 3.8) is 0 Å². The lowest BCUT2D eigenvalue weighted by atomic mass is 9.56. The summed E-state index contributed by atoms with van der Waals surface area (Å²) in [6.45, 7) is 19.2. The first-order valence-electron chi connectivity index (χ1n) is 6.07. The van der Waals surface area contributed by atoms with Crippen LogP contribution in [0.2, 0.25) is 17.6 Å². The quantitative estimate of drug-likeness (QED) is 0.403. The van der Waals surface area contributed by atoms with Gasteiger partial charge in [-0.15, -0.1) is 0 Å². The molecule has 1 fully saturated rings. The second kappa shape index (κ2) is 3.26. The molecule has 0 amide bonds. The molecule has 2 heteroatoms. The van der Waals surface area contributed by atoms with Crippen molar-refractivity contribution in [1.82, 2.24) is 0 Å². The van der Waals surface area contributed by atoms with E-state index < -0.39 is 7.38 Å². The summed E-state index contributed by atoms with van der Waals surface area (Å²) < 4.78 is 0. The number of hydrogen-bond donors (Lipinski definition) is 0. The minimum atomic E-state index is -1.63. The molecule has 0 aromatic heterocycles. The van der Waals surface area contributed by atoms with Crippen LogP contribution >= 0.6 is 11.1 Å². The Bertz CT molecular complexity index is 264. The summed E-state index contributed by atoms with van der Waals surface area (Å²) in [5.41, 5.74) is 0.679. The molecule has 0 aromatic rings. The maximum Gasteiger partial charge on any atom is 0.159 e. The van der Waals surface area contributed by atoms with Gasteiger partial charge < -0.3 is 0 Å². The van der Waals surface area contributed by atoms with Gasteiger partial charge >= 0.3 is 0 Å². The van der Waals surface area contributed by atoms with Gasteiger partial charge in [0.1, 0.15) is 0 Å². The molecule has 1 rings (SSSR count). The second-order valence-electron chi connectivity index (χ2n) is 7.27. The molecule has 1 saturated heterocycles. The zero-order valence-electron chi connectivity index (χ0n) is 11.7. The predicted molar refractivity (Wildman–Crippen MR) is 73.0 cm³/mol. The lowest BCUT2D eigenvalue weighted by molar-refractivity contribution is 0.00276. The molecule has 0 aliphatic carbocycles. The number of hydrogen-bond acceptors (Lipinski definition) is 0. The fourth-order valence-corrected chi connectivity index (χ4v) is 8.36. The molecule has 0 saturated carbocycles. The maximum atomic E-state index is 6.91. The molecule has 90 valence electrons. The summed E-state index contributed by atoms with van der Waals surface area (Å²) in [7, 11) is -1.63. The summed E-state index contributed by atoms with van der Waals surface area (Å²) in [5, 5.41) is 0.289. The van der Waals surface area contributed by atoms with Crippen LogP contribution in [0.3, 0.4) is 0 Å². The molecule has 0 N–H and O–H groups in total. The molecule has 15 heavy (non-hydrogen) atoms. The average Bonchev–Trinajstić information content (AvgIpc) is 2.00. The van der Waals surface area contributed by atoms with Crippen molar-refractivity contribution in [1.29, 1.82) is 0 Å². The van der Waals surface area contributed by atoms with Crippen molar-refractivity contribution < 1.29 is 0 Å². The standard InChI is InChI=1S/C13H27ClSi/c1-10-9-15(8,14)13(6,7)12(4,5)11(10,2)3/h10H,9H2,1-8H3. The molecule has 0 radical (unpaired) electrons. The van der Waals surface area contributed by atoms with E-state index in [2.05, 4.69) is 55.0 Å². The van der Waals surface area contributed by atoms with E-state index in [0.717, 1.165) is 5.92 Å². The van der Waals surface area contributed by atoms with Crippen LogP contribution in [0.15, 0.2) is 0 Å². The van der Waals surface area contributed by atoms with Gasteiger partial charge in [0.2, 0.25) is 0 Å². The molecule has 2 unspecified atom stereocenters. The van der Waals surface area contributed by atoms with Crippen molar-refractivity contribution in [3.05, 3.63) is 0 Å². The topological polar surface area (TPSA) is 0 Å². The SMILES string of the molecule is CC1C[Si](C)(Cl)C(C)(C)C(C)(C)C1(C)C. The van der Waals surface area contributed by atoms with Gasteiger partial charge in [0.25, 0.3) is 0 Å². The van der Waals surface area contributed by atoms with Gasteiger partial charge in [-0.3, -0.25) is 0 Å². The van der Waals surface area contributed by atoms with Crippen LogP contribution < -0.4 is 0 Å². The Labute approximate surface area is 102 Å². The van der Waals surface area contributed by atoms with E-state index in [-0.39, 0.29) is 5.04 Å². The molecule has 0 aromatic carbocycles. The van der Waals surface area contributed by atoms with Crippen LogP contribution in [0.5, 0.6) is 0 Å². The predicted octanol–water partition coefficient (Wildman–Crippen LogP) is 5.28. The molecule has 1 aliphatic rings. The Kier molecular flexibility index (Phi) is 2.95. The summed E-state index contributed by atoms with van der Waals surface area (Å²) in [4.78, 5) is 0. The van der Waals surface area contributed by atoms with Crippen LogP contribution in [0.25, 0.3) is 0 Å². The first-order chi connectivity index (χ1) is 6.38. The van der Waals surface area contributed by atoms with Crippen LogP contribution in [0.4, 0.5) is 0 Å². The Morgan fingerprint density at radius 3 is 1.87 bits per heavy atom. The van der Waals surface area contributed by atoms with Crippen molar-refractivity contribution in [2.24, 2.45) is 16.7 Å². The van der Waals surface area contributed by atoms with E-state index in [0.29, 0.717) is 10.8 Å². The van der Waals surface area contributed by atoms with Crippen LogP contribution in [-0.2, 0) is 0 Å². The Balaban J connectivity index is 3.30. The highest BCUT2D eigenvalue weighted by Crippen LogP contribution is 2.69. The smallest absolute Gasteiger partial charge is 0.159 e. The molecular weight excluding hydrogens is 220 g/mol. The van der Waals surface area contributed by atoms with Gasteiger partial charge in [-0.05, 0) is 27.8 Å². The highest BCUT2D eigenvalue weighted by molar-refractivity contribution is 7.21. The van der Waals surface area contributed by atoms with Gasteiger partial charge in [-0.25, -0.2) is 0 Å². The lowest BCUT2D eigenvalue weighted by Crippen LogP contribution is -2.59. The zero-order chi connectivity index (χ0) is 12.3. The third kappa shape index (κ3) is 1.53. The van der Waals surface area contributed by atoms with Gasteiger partial charge in [-0.2, -0.15) is 11.1 Å².